The number of ether oxygens (including phenoxy) is 1. The van der Waals surface area contributed by atoms with Crippen LogP contribution >= 0.6 is 0 Å². The van der Waals surface area contributed by atoms with Crippen molar-refractivity contribution in [2.24, 2.45) is 5.14 Å². The summed E-state index contributed by atoms with van der Waals surface area (Å²) in [5, 5.41) is 25.9. The molecule has 0 fully saturated rings. The molecule has 0 radical (unpaired) electrons. The van der Waals surface area contributed by atoms with Crippen molar-refractivity contribution < 1.29 is 17.9 Å². The zero-order valence-corrected chi connectivity index (χ0v) is 32.0. The molecule has 0 saturated carbocycles. The van der Waals surface area contributed by atoms with E-state index in [1.54, 1.807) is 33.9 Å². The minimum Gasteiger partial charge on any atom is -0.387 e. The van der Waals surface area contributed by atoms with Gasteiger partial charge in [-0.05, 0) is 161 Å². The van der Waals surface area contributed by atoms with Crippen LogP contribution in [0, 0.1) is 11.5 Å². The molecule has 0 spiro atoms. The van der Waals surface area contributed by atoms with Gasteiger partial charge in [-0.1, -0.05) is 12.1 Å². The number of hydrogen-bond donors (Lipinski definition) is 3. The number of hydrogen-bond acceptors (Lipinski definition) is 7. The fourth-order valence-corrected chi connectivity index (χ4v) is 8.64. The normalized spacial score (nSPS) is 16.0. The smallest absolute Gasteiger partial charge is 0.331 e. The number of nitrogens with one attached hydrogen (secondary N) is 2. The molecule has 0 saturated heterocycles. The molecule has 0 bridgehead atoms. The lowest BCUT2D eigenvalue weighted by atomic mass is 9.99. The monoisotopic (exact) mass is 744 g/mol. The van der Waals surface area contributed by atoms with Crippen molar-refractivity contribution in [3.05, 3.63) is 81.2 Å². The molecule has 52 heavy (non-hydrogen) atoms. The highest BCUT2D eigenvalue weighted by Gasteiger charge is 2.27. The van der Waals surface area contributed by atoms with E-state index in [0.717, 1.165) is 75.6 Å². The summed E-state index contributed by atoms with van der Waals surface area (Å²) in [4.78, 5) is 12.5. The first kappa shape index (κ1) is 37.4. The van der Waals surface area contributed by atoms with Gasteiger partial charge in [-0.2, -0.15) is 10.2 Å². The lowest BCUT2D eigenvalue weighted by Crippen LogP contribution is -2.31. The van der Waals surface area contributed by atoms with E-state index in [0.29, 0.717) is 10.1 Å². The Morgan fingerprint density at radius 3 is 1.63 bits per heavy atom. The van der Waals surface area contributed by atoms with Crippen molar-refractivity contribution in [1.29, 1.82) is 5.26 Å². The number of rotatable bonds is 7. The predicted octanol–water partition coefficient (Wildman–Crippen LogP) is 6.25. The average Bonchev–Trinajstić information content (AvgIpc) is 3.96. The van der Waals surface area contributed by atoms with Crippen LogP contribution in [0.1, 0.15) is 110 Å². The highest BCUT2D eigenvalue weighted by Crippen LogP contribution is 2.40. The number of aromatic nitrogens is 4. The van der Waals surface area contributed by atoms with Crippen LogP contribution in [0.3, 0.4) is 0 Å². The molecule has 4 aromatic rings. The van der Waals surface area contributed by atoms with Gasteiger partial charge in [-0.15, -0.1) is 5.26 Å². The number of urea groups is 1. The fraction of sp³-hybridized carbons (Fsp3) is 0.474. The molecule has 276 valence electrons. The van der Waals surface area contributed by atoms with Gasteiger partial charge >= 0.3 is 6.03 Å². The van der Waals surface area contributed by atoms with E-state index < -0.39 is 28.0 Å². The van der Waals surface area contributed by atoms with Gasteiger partial charge in [-0.3, -0.25) is 14.1 Å². The Morgan fingerprint density at radius 1 is 0.769 bits per heavy atom. The molecule has 4 N–H and O–H groups in total. The van der Waals surface area contributed by atoms with Gasteiger partial charge in [0, 0.05) is 30.2 Å². The summed E-state index contributed by atoms with van der Waals surface area (Å²) in [6, 6.07) is 8.04. The van der Waals surface area contributed by atoms with E-state index in [2.05, 4.69) is 32.4 Å². The molecule has 2 aromatic carbocycles. The molecular formula is C38H48N8O4S2. The van der Waals surface area contributed by atoms with Crippen molar-refractivity contribution in [2.45, 2.75) is 127 Å². The Kier molecular flexibility index (Phi) is 11.9. The number of carbonyl (C=O) groups excluding carboxylic acids is 1. The van der Waals surface area contributed by atoms with Crippen LogP contribution in [0.2, 0.25) is 0 Å². The first-order chi connectivity index (χ1) is 25.0. The van der Waals surface area contributed by atoms with Crippen molar-refractivity contribution in [2.75, 3.05) is 5.32 Å². The van der Waals surface area contributed by atoms with Gasteiger partial charge in [0.05, 0.1) is 0 Å². The maximum Gasteiger partial charge on any atom is 0.331 e. The number of nitrogens with two attached hydrogens (primary N) is 1. The molecule has 2 heterocycles. The summed E-state index contributed by atoms with van der Waals surface area (Å²) in [5.41, 5.74) is 11.6. The highest BCUT2D eigenvalue weighted by molar-refractivity contribution is 7.83. The maximum absolute atomic E-state index is 12.5. The number of anilines is 1. The lowest BCUT2D eigenvalue weighted by Gasteiger charge is -2.16. The maximum atomic E-state index is 12.5. The van der Waals surface area contributed by atoms with Crippen molar-refractivity contribution in [3.8, 4) is 12.0 Å². The molecule has 4 aliphatic carbocycles. The van der Waals surface area contributed by atoms with Crippen molar-refractivity contribution in [1.82, 2.24) is 24.3 Å². The van der Waals surface area contributed by atoms with Gasteiger partial charge in [0.15, 0.2) is 21.0 Å². The summed E-state index contributed by atoms with van der Waals surface area (Å²) in [7, 11) is -3.13. The number of nitrogens with zero attached hydrogens (tertiary/aromatic N) is 5. The minimum absolute atomic E-state index is 0.184. The molecule has 2 unspecified atom stereocenters. The number of carbonyl (C=O) groups is 1. The number of nitriles is 1. The third kappa shape index (κ3) is 8.32. The van der Waals surface area contributed by atoms with E-state index >= 15 is 0 Å². The van der Waals surface area contributed by atoms with Crippen LogP contribution in [0.25, 0.3) is 0 Å². The Hall–Kier alpha value is -4.32. The Bertz CT molecular complexity index is 1980. The number of aryl methyl sites for hydroxylation is 4. The number of benzene rings is 2. The molecule has 0 aliphatic heterocycles. The summed E-state index contributed by atoms with van der Waals surface area (Å²) in [5.74, 6) is 0.903. The largest absolute Gasteiger partial charge is 0.387 e. The molecule has 14 heteroatoms. The van der Waals surface area contributed by atoms with Crippen LogP contribution < -0.4 is 19.9 Å². The number of fused-ring (bicyclic) bond motifs is 4. The molecule has 2 aromatic heterocycles. The topological polar surface area (TPSA) is 170 Å². The van der Waals surface area contributed by atoms with Crippen LogP contribution in [0.5, 0.6) is 5.75 Å². The van der Waals surface area contributed by atoms with Crippen molar-refractivity contribution in [3.63, 3.8) is 0 Å². The minimum atomic E-state index is -1.67. The average molecular weight is 745 g/mol. The van der Waals surface area contributed by atoms with Crippen LogP contribution in [-0.2, 0) is 73.3 Å². The first-order valence-corrected chi connectivity index (χ1v) is 20.5. The van der Waals surface area contributed by atoms with E-state index in [4.69, 9.17) is 15.1 Å². The van der Waals surface area contributed by atoms with E-state index in [-0.39, 0.29) is 12.1 Å². The highest BCUT2D eigenvalue weighted by atomic mass is 32.2. The second-order valence-corrected chi connectivity index (χ2v) is 16.4. The van der Waals surface area contributed by atoms with Crippen LogP contribution in [-0.4, -0.2) is 34.0 Å². The van der Waals surface area contributed by atoms with Gasteiger partial charge in [0.2, 0.25) is 0 Å². The summed E-state index contributed by atoms with van der Waals surface area (Å²) >= 11 is 0. The second kappa shape index (κ2) is 16.6. The van der Waals surface area contributed by atoms with Gasteiger partial charge in [0.25, 0.3) is 6.26 Å². The van der Waals surface area contributed by atoms with Gasteiger partial charge < -0.3 is 10.1 Å². The third-order valence-electron chi connectivity index (χ3n) is 10.1. The van der Waals surface area contributed by atoms with Gasteiger partial charge in [0.1, 0.15) is 16.7 Å². The lowest BCUT2D eigenvalue weighted by molar-refractivity contribution is 0.257. The Labute approximate surface area is 310 Å². The molecule has 4 aliphatic rings. The summed E-state index contributed by atoms with van der Waals surface area (Å²) in [6.07, 6.45) is 18.7. The number of amides is 2. The van der Waals surface area contributed by atoms with Gasteiger partial charge in [-0.25, -0.2) is 18.4 Å². The molecule has 2 atom stereocenters. The zero-order chi connectivity index (χ0) is 36.9. The summed E-state index contributed by atoms with van der Waals surface area (Å²) in [6.45, 7) is 7.99. The van der Waals surface area contributed by atoms with E-state index in [9.17, 15) is 13.2 Å². The predicted molar refractivity (Wildman–Crippen MR) is 202 cm³/mol. The molecule has 12 nitrogen and oxygen atoms in total. The summed E-state index contributed by atoms with van der Waals surface area (Å²) < 4.78 is 34.3. The van der Waals surface area contributed by atoms with Crippen LogP contribution in [0.15, 0.2) is 46.7 Å². The quantitative estimate of drug-likeness (QED) is 0.188. The standard InChI is InChI=1S/C19H24N4O2S.C13H13NO.C6H11N3OS/c1-12(2)23-10-9-17(21-23)26(25)22-19(24)20-18-15-7-3-5-13(15)11-14-6-4-8-16(14)18;14-8-15-13-11-5-1-3-9(11)7-10-4-2-6-12(10)13;1-5(2)9-4-3-6(8-9)11(7)10/h9-12H,3-8H2,1-2H3,(H2,20,22,24);7H,1-6H2;3-5H,7H2,1-2H3. The second-order valence-electron chi connectivity index (χ2n) is 14.2. The SMILES string of the molecule is CC(C)n1ccc(S(=O)NC(=O)Nc2c3c(cc4c2CCC4)CCC3)n1.CC(C)n1ccc(S(N)=O)n1.N#COc1c2c(cc3c1CCC3)CCC2. The molecule has 8 rings (SSSR count). The van der Waals surface area contributed by atoms with E-state index in [1.165, 1.54) is 57.3 Å². The Morgan fingerprint density at radius 2 is 1.21 bits per heavy atom. The Balaban J connectivity index is 0.000000150. The molecule has 2 amide bonds. The third-order valence-corrected chi connectivity index (χ3v) is 11.7. The van der Waals surface area contributed by atoms with E-state index in [1.807, 2.05) is 34.0 Å². The molecular weight excluding hydrogens is 697 g/mol. The zero-order valence-electron chi connectivity index (χ0n) is 30.4. The van der Waals surface area contributed by atoms with Crippen molar-refractivity contribution >= 4 is 33.7 Å². The van der Waals surface area contributed by atoms with Crippen LogP contribution in [0.4, 0.5) is 10.5 Å². The first-order valence-electron chi connectivity index (χ1n) is 18.2. The fourth-order valence-electron chi connectivity index (χ4n) is 7.60.